The molecule has 0 amide bonds. The van der Waals surface area contributed by atoms with Gasteiger partial charge in [-0.1, -0.05) is 13.3 Å². The van der Waals surface area contributed by atoms with Gasteiger partial charge < -0.3 is 14.9 Å². The largest absolute Gasteiger partial charge is 0.481 e. The van der Waals surface area contributed by atoms with Crippen LogP contribution >= 0.6 is 0 Å². The SMILES string of the molecule is CC(=O)O.CCCC(O)OCC. The summed E-state index contributed by atoms with van der Waals surface area (Å²) in [7, 11) is 0. The molecule has 4 nitrogen and oxygen atoms in total. The van der Waals surface area contributed by atoms with Crippen molar-refractivity contribution in [2.75, 3.05) is 6.61 Å². The minimum atomic E-state index is -0.833. The monoisotopic (exact) mass is 178 g/mol. The second kappa shape index (κ2) is 10.4. The highest BCUT2D eigenvalue weighted by molar-refractivity contribution is 5.62. The van der Waals surface area contributed by atoms with Crippen LogP contribution in [0.25, 0.3) is 0 Å². The molecular weight excluding hydrogens is 160 g/mol. The van der Waals surface area contributed by atoms with Crippen LogP contribution in [0.5, 0.6) is 0 Å². The zero-order chi connectivity index (χ0) is 9.98. The number of carbonyl (C=O) groups is 1. The first-order valence-electron chi connectivity index (χ1n) is 4.03. The number of aliphatic hydroxyl groups excluding tert-OH is 1. The number of ether oxygens (including phenoxy) is 1. The van der Waals surface area contributed by atoms with Crippen molar-refractivity contribution in [1.82, 2.24) is 0 Å². The number of carboxylic acids is 1. The number of aliphatic hydroxyl groups is 1. The van der Waals surface area contributed by atoms with Gasteiger partial charge in [-0.25, -0.2) is 0 Å². The Morgan fingerprint density at radius 3 is 2.17 bits per heavy atom. The molecule has 0 bridgehead atoms. The predicted octanol–water partition coefficient (Wildman–Crippen LogP) is 1.23. The van der Waals surface area contributed by atoms with E-state index in [0.717, 1.165) is 19.8 Å². The second-order valence-corrected chi connectivity index (χ2v) is 2.22. The fraction of sp³-hybridized carbons (Fsp3) is 0.875. The van der Waals surface area contributed by atoms with Gasteiger partial charge in [0.05, 0.1) is 0 Å². The van der Waals surface area contributed by atoms with Crippen molar-refractivity contribution in [3.8, 4) is 0 Å². The van der Waals surface area contributed by atoms with Gasteiger partial charge in [-0.05, 0) is 13.3 Å². The van der Waals surface area contributed by atoms with Crippen LogP contribution < -0.4 is 0 Å². The van der Waals surface area contributed by atoms with Gasteiger partial charge in [-0.2, -0.15) is 0 Å². The molecule has 0 rings (SSSR count). The van der Waals surface area contributed by atoms with Crippen LogP contribution in [0.1, 0.15) is 33.6 Å². The van der Waals surface area contributed by atoms with Crippen molar-refractivity contribution in [3.05, 3.63) is 0 Å². The summed E-state index contributed by atoms with van der Waals surface area (Å²) in [5.74, 6) is -0.833. The summed E-state index contributed by atoms with van der Waals surface area (Å²) in [4.78, 5) is 9.00. The van der Waals surface area contributed by atoms with Gasteiger partial charge in [0.2, 0.25) is 0 Å². The molecule has 0 aliphatic carbocycles. The molecule has 1 unspecified atom stereocenters. The zero-order valence-electron chi connectivity index (χ0n) is 7.91. The Hall–Kier alpha value is -0.610. The molecule has 0 aromatic rings. The second-order valence-electron chi connectivity index (χ2n) is 2.22. The zero-order valence-corrected chi connectivity index (χ0v) is 7.91. The average molecular weight is 178 g/mol. The van der Waals surface area contributed by atoms with Crippen LogP contribution in [-0.4, -0.2) is 29.1 Å². The lowest BCUT2D eigenvalue weighted by molar-refractivity contribution is -0.134. The normalized spacial score (nSPS) is 11.3. The van der Waals surface area contributed by atoms with Crippen LogP contribution in [0.3, 0.4) is 0 Å². The van der Waals surface area contributed by atoms with Gasteiger partial charge in [0.15, 0.2) is 6.29 Å². The van der Waals surface area contributed by atoms with E-state index in [1.54, 1.807) is 0 Å². The summed E-state index contributed by atoms with van der Waals surface area (Å²) in [6.07, 6.45) is 1.18. The average Bonchev–Trinajstić information content (AvgIpc) is 1.87. The van der Waals surface area contributed by atoms with E-state index in [9.17, 15) is 0 Å². The molecule has 4 heteroatoms. The predicted molar refractivity (Wildman–Crippen MR) is 45.9 cm³/mol. The van der Waals surface area contributed by atoms with Gasteiger partial charge in [0, 0.05) is 13.5 Å². The topological polar surface area (TPSA) is 66.8 Å². The molecule has 1 atom stereocenters. The molecule has 0 heterocycles. The third-order valence-electron chi connectivity index (χ3n) is 0.895. The van der Waals surface area contributed by atoms with E-state index in [2.05, 4.69) is 0 Å². The number of carboxylic acid groups (broad SMARTS) is 1. The maximum absolute atomic E-state index is 9.00. The summed E-state index contributed by atoms with van der Waals surface area (Å²) in [5.41, 5.74) is 0. The van der Waals surface area contributed by atoms with E-state index in [-0.39, 0.29) is 0 Å². The first-order chi connectivity index (χ1) is 5.54. The summed E-state index contributed by atoms with van der Waals surface area (Å²) >= 11 is 0. The van der Waals surface area contributed by atoms with Gasteiger partial charge in [-0.15, -0.1) is 0 Å². The lowest BCUT2D eigenvalue weighted by Gasteiger charge is -2.06. The fourth-order valence-electron chi connectivity index (χ4n) is 0.523. The molecule has 12 heavy (non-hydrogen) atoms. The molecule has 2 N–H and O–H groups in total. The summed E-state index contributed by atoms with van der Waals surface area (Å²) in [6.45, 7) is 5.57. The smallest absolute Gasteiger partial charge is 0.300 e. The number of hydrogen-bond donors (Lipinski definition) is 2. The van der Waals surface area contributed by atoms with Crippen molar-refractivity contribution in [1.29, 1.82) is 0 Å². The van der Waals surface area contributed by atoms with Crippen LogP contribution in [0.15, 0.2) is 0 Å². The van der Waals surface area contributed by atoms with E-state index in [0.29, 0.717) is 6.61 Å². The molecule has 0 fully saturated rings. The van der Waals surface area contributed by atoms with Crippen LogP contribution in [0.4, 0.5) is 0 Å². The van der Waals surface area contributed by atoms with Crippen molar-refractivity contribution in [2.45, 2.75) is 39.9 Å². The molecule has 0 spiro atoms. The Morgan fingerprint density at radius 1 is 1.50 bits per heavy atom. The third-order valence-corrected chi connectivity index (χ3v) is 0.895. The molecule has 0 aliphatic heterocycles. The summed E-state index contributed by atoms with van der Waals surface area (Å²) in [6, 6.07) is 0. The van der Waals surface area contributed by atoms with Gasteiger partial charge in [0.25, 0.3) is 5.97 Å². The van der Waals surface area contributed by atoms with Crippen LogP contribution in [0, 0.1) is 0 Å². The Labute approximate surface area is 73.2 Å². The highest BCUT2D eigenvalue weighted by atomic mass is 16.6. The van der Waals surface area contributed by atoms with Gasteiger partial charge in [-0.3, -0.25) is 4.79 Å². The number of aliphatic carboxylic acids is 1. The fourth-order valence-corrected chi connectivity index (χ4v) is 0.523. The minimum absolute atomic E-state index is 0.537. The van der Waals surface area contributed by atoms with Crippen molar-refractivity contribution >= 4 is 5.97 Å². The van der Waals surface area contributed by atoms with E-state index in [1.165, 1.54) is 0 Å². The minimum Gasteiger partial charge on any atom is -0.481 e. The van der Waals surface area contributed by atoms with E-state index < -0.39 is 12.3 Å². The van der Waals surface area contributed by atoms with Gasteiger partial charge >= 0.3 is 0 Å². The molecule has 0 radical (unpaired) electrons. The first-order valence-corrected chi connectivity index (χ1v) is 4.03. The molecule has 0 aromatic carbocycles. The maximum atomic E-state index is 9.00. The molecule has 74 valence electrons. The Morgan fingerprint density at radius 2 is 1.92 bits per heavy atom. The molecule has 0 saturated heterocycles. The Bertz CT molecular complexity index is 93.2. The van der Waals surface area contributed by atoms with Crippen molar-refractivity contribution < 1.29 is 19.7 Å². The molecule has 0 saturated carbocycles. The number of rotatable bonds is 4. The van der Waals surface area contributed by atoms with E-state index >= 15 is 0 Å². The Balaban J connectivity index is 0. The molecular formula is C8H18O4. The van der Waals surface area contributed by atoms with Gasteiger partial charge in [0.1, 0.15) is 0 Å². The standard InChI is InChI=1S/C6H14O2.C2H4O2/c1-3-5-6(7)8-4-2;1-2(3)4/h6-7H,3-5H2,1-2H3;1H3,(H,3,4). The molecule has 0 aliphatic rings. The number of hydrogen-bond acceptors (Lipinski definition) is 3. The Kier molecular flexibility index (Phi) is 12.1. The molecule has 0 aromatic heterocycles. The van der Waals surface area contributed by atoms with Crippen molar-refractivity contribution in [2.24, 2.45) is 0 Å². The summed E-state index contributed by atoms with van der Waals surface area (Å²) in [5, 5.41) is 16.2. The maximum Gasteiger partial charge on any atom is 0.300 e. The highest BCUT2D eigenvalue weighted by Gasteiger charge is 1.97. The quantitative estimate of drug-likeness (QED) is 0.635. The van der Waals surface area contributed by atoms with Crippen LogP contribution in [0.2, 0.25) is 0 Å². The lowest BCUT2D eigenvalue weighted by Crippen LogP contribution is -2.10. The third kappa shape index (κ3) is 22.8. The summed E-state index contributed by atoms with van der Waals surface area (Å²) < 4.78 is 4.84. The van der Waals surface area contributed by atoms with E-state index in [1.807, 2.05) is 13.8 Å². The van der Waals surface area contributed by atoms with Crippen molar-refractivity contribution in [3.63, 3.8) is 0 Å². The van der Waals surface area contributed by atoms with Crippen LogP contribution in [-0.2, 0) is 9.53 Å². The highest BCUT2D eigenvalue weighted by Crippen LogP contribution is 1.95. The van der Waals surface area contributed by atoms with E-state index in [4.69, 9.17) is 19.7 Å². The first kappa shape index (κ1) is 13.9. The lowest BCUT2D eigenvalue weighted by atomic mass is 10.3.